The molecule has 2 aromatic rings. The monoisotopic (exact) mass is 337 g/mol. The number of carboxylic acids is 1. The average Bonchev–Trinajstić information content (AvgIpc) is 2.96. The van der Waals surface area contributed by atoms with E-state index in [9.17, 15) is 13.2 Å². The molecule has 0 bridgehead atoms. The first-order chi connectivity index (χ1) is 10.4. The topological polar surface area (TPSA) is 120 Å². The number of nitriles is 1. The van der Waals surface area contributed by atoms with Crippen molar-refractivity contribution in [2.75, 3.05) is 0 Å². The lowest BCUT2D eigenvalue weighted by Gasteiger charge is -2.15. The van der Waals surface area contributed by atoms with Crippen molar-refractivity contribution in [3.8, 4) is 6.07 Å². The molecule has 9 heteroatoms. The number of sulfonamides is 1. The molecule has 0 saturated carbocycles. The van der Waals surface area contributed by atoms with Gasteiger partial charge in [-0.3, -0.25) is 9.78 Å². The molecule has 0 radical (unpaired) electrons. The van der Waals surface area contributed by atoms with Gasteiger partial charge in [-0.15, -0.1) is 11.3 Å². The average molecular weight is 337 g/mol. The molecule has 0 spiro atoms. The van der Waals surface area contributed by atoms with Crippen LogP contribution in [-0.4, -0.2) is 24.5 Å². The fourth-order valence-electron chi connectivity index (χ4n) is 1.73. The van der Waals surface area contributed by atoms with E-state index in [1.54, 1.807) is 18.2 Å². The summed E-state index contributed by atoms with van der Waals surface area (Å²) in [5.74, 6) is -1.15. The third-order valence-corrected chi connectivity index (χ3v) is 5.63. The highest BCUT2D eigenvalue weighted by Gasteiger charge is 2.25. The maximum atomic E-state index is 12.3. The minimum absolute atomic E-state index is 0.0460. The molecular weight excluding hydrogens is 326 g/mol. The van der Waals surface area contributed by atoms with Crippen molar-refractivity contribution in [3.63, 3.8) is 0 Å². The van der Waals surface area contributed by atoms with E-state index in [0.717, 1.165) is 11.3 Å². The van der Waals surface area contributed by atoms with Gasteiger partial charge in [0.15, 0.2) is 0 Å². The number of thiophene rings is 1. The van der Waals surface area contributed by atoms with Gasteiger partial charge in [0, 0.05) is 6.20 Å². The fraction of sp³-hybridized carbons (Fsp3) is 0.154. The number of nitrogens with zero attached hydrogens (tertiary/aromatic N) is 2. The van der Waals surface area contributed by atoms with Gasteiger partial charge in [-0.2, -0.15) is 5.26 Å². The molecule has 0 amide bonds. The molecule has 7 nitrogen and oxygen atoms in total. The molecule has 1 unspecified atom stereocenters. The van der Waals surface area contributed by atoms with Gasteiger partial charge in [0.05, 0.1) is 18.2 Å². The van der Waals surface area contributed by atoms with E-state index in [0.29, 0.717) is 5.69 Å². The summed E-state index contributed by atoms with van der Waals surface area (Å²) in [4.78, 5) is 15.2. The van der Waals surface area contributed by atoms with E-state index in [-0.39, 0.29) is 9.09 Å². The van der Waals surface area contributed by atoms with Crippen LogP contribution in [-0.2, 0) is 14.8 Å². The van der Waals surface area contributed by atoms with Crippen molar-refractivity contribution in [2.24, 2.45) is 0 Å². The smallest absolute Gasteiger partial charge is 0.305 e. The van der Waals surface area contributed by atoms with Crippen molar-refractivity contribution in [1.82, 2.24) is 9.71 Å². The van der Waals surface area contributed by atoms with Crippen LogP contribution in [0.3, 0.4) is 0 Å². The summed E-state index contributed by atoms with van der Waals surface area (Å²) >= 11 is 0.816. The van der Waals surface area contributed by atoms with Gasteiger partial charge in [0.2, 0.25) is 0 Å². The third-order valence-electron chi connectivity index (χ3n) is 2.68. The molecule has 0 aliphatic heterocycles. The summed E-state index contributed by atoms with van der Waals surface area (Å²) in [5, 5.41) is 17.7. The molecule has 0 aromatic carbocycles. The van der Waals surface area contributed by atoms with Crippen molar-refractivity contribution in [2.45, 2.75) is 16.7 Å². The van der Waals surface area contributed by atoms with E-state index < -0.39 is 28.5 Å². The van der Waals surface area contributed by atoms with E-state index in [2.05, 4.69) is 9.71 Å². The lowest BCUT2D eigenvalue weighted by atomic mass is 10.1. The zero-order valence-corrected chi connectivity index (χ0v) is 12.8. The highest BCUT2D eigenvalue weighted by atomic mass is 32.2. The molecule has 0 aliphatic carbocycles. The number of carboxylic acid groups (broad SMARTS) is 1. The Morgan fingerprint density at radius 3 is 2.73 bits per heavy atom. The maximum absolute atomic E-state index is 12.3. The molecule has 22 heavy (non-hydrogen) atoms. The van der Waals surface area contributed by atoms with Crippen molar-refractivity contribution in [1.29, 1.82) is 5.26 Å². The van der Waals surface area contributed by atoms with E-state index in [4.69, 9.17) is 10.4 Å². The van der Waals surface area contributed by atoms with Gasteiger partial charge in [-0.1, -0.05) is 6.07 Å². The van der Waals surface area contributed by atoms with Crippen LogP contribution < -0.4 is 4.72 Å². The van der Waals surface area contributed by atoms with Crippen LogP contribution >= 0.6 is 11.3 Å². The second-order valence-corrected chi connectivity index (χ2v) is 7.28. The minimum atomic E-state index is -3.93. The Hall–Kier alpha value is -2.28. The molecule has 0 saturated heterocycles. The number of carbonyl (C=O) groups is 1. The first-order valence-corrected chi connectivity index (χ1v) is 8.37. The zero-order chi connectivity index (χ0) is 16.2. The lowest BCUT2D eigenvalue weighted by molar-refractivity contribution is -0.137. The van der Waals surface area contributed by atoms with Crippen LogP contribution in [0.25, 0.3) is 0 Å². The maximum Gasteiger partial charge on any atom is 0.305 e. The van der Waals surface area contributed by atoms with Gasteiger partial charge in [-0.05, 0) is 24.3 Å². The number of rotatable bonds is 6. The molecule has 0 fully saturated rings. The van der Waals surface area contributed by atoms with Crippen LogP contribution in [0.1, 0.15) is 23.0 Å². The second kappa shape index (κ2) is 6.65. The van der Waals surface area contributed by atoms with Gasteiger partial charge in [-0.25, -0.2) is 13.1 Å². The summed E-state index contributed by atoms with van der Waals surface area (Å²) in [7, 11) is -3.93. The quantitative estimate of drug-likeness (QED) is 0.824. The van der Waals surface area contributed by atoms with Crippen LogP contribution in [0.4, 0.5) is 0 Å². The summed E-state index contributed by atoms with van der Waals surface area (Å²) in [6.07, 6.45) is 1.02. The molecule has 1 atom stereocenters. The largest absolute Gasteiger partial charge is 0.481 e. The highest BCUT2D eigenvalue weighted by Crippen LogP contribution is 2.24. The number of aliphatic carboxylic acids is 1. The normalized spacial score (nSPS) is 12.5. The number of aromatic nitrogens is 1. The molecule has 2 rings (SSSR count). The summed E-state index contributed by atoms with van der Waals surface area (Å²) < 4.78 is 26.9. The predicted octanol–water partition coefficient (Wildman–Crippen LogP) is 1.51. The molecule has 2 heterocycles. The highest BCUT2D eigenvalue weighted by molar-refractivity contribution is 7.91. The number of pyridine rings is 1. The number of nitrogens with one attached hydrogen (secondary N) is 1. The first-order valence-electron chi connectivity index (χ1n) is 6.07. The lowest BCUT2D eigenvalue weighted by Crippen LogP contribution is -2.30. The van der Waals surface area contributed by atoms with Gasteiger partial charge < -0.3 is 5.11 Å². The van der Waals surface area contributed by atoms with E-state index >= 15 is 0 Å². The summed E-state index contributed by atoms with van der Waals surface area (Å²) in [6, 6.07) is 8.41. The van der Waals surface area contributed by atoms with Crippen molar-refractivity contribution < 1.29 is 18.3 Å². The molecular formula is C13H11N3O4S2. The first kappa shape index (κ1) is 16.1. The SMILES string of the molecule is N#Cc1ccc(S(=O)(=O)NC(CC(=O)O)c2ccccn2)s1. The predicted molar refractivity (Wildman–Crippen MR) is 78.6 cm³/mol. The van der Waals surface area contributed by atoms with Crippen LogP contribution in [0.5, 0.6) is 0 Å². The standard InChI is InChI=1S/C13H11N3O4S2/c14-8-9-4-5-13(21-9)22(19,20)16-11(7-12(17)18)10-3-1-2-6-15-10/h1-6,11,16H,7H2,(H,17,18). The fourth-order valence-corrected chi connectivity index (χ4v) is 4.06. The third kappa shape index (κ3) is 3.88. The van der Waals surface area contributed by atoms with E-state index in [1.807, 2.05) is 6.07 Å². The Kier molecular flexibility index (Phi) is 4.87. The van der Waals surface area contributed by atoms with Crippen LogP contribution in [0.15, 0.2) is 40.7 Å². The Balaban J connectivity index is 2.30. The molecule has 2 N–H and O–H groups in total. The zero-order valence-electron chi connectivity index (χ0n) is 11.1. The van der Waals surface area contributed by atoms with Crippen LogP contribution in [0, 0.1) is 11.3 Å². The van der Waals surface area contributed by atoms with Gasteiger partial charge >= 0.3 is 5.97 Å². The Morgan fingerprint density at radius 2 is 2.18 bits per heavy atom. The van der Waals surface area contributed by atoms with Crippen LogP contribution in [0.2, 0.25) is 0 Å². The molecule has 114 valence electrons. The second-order valence-electron chi connectivity index (χ2n) is 4.26. The van der Waals surface area contributed by atoms with Crippen molar-refractivity contribution in [3.05, 3.63) is 47.1 Å². The minimum Gasteiger partial charge on any atom is -0.481 e. The van der Waals surface area contributed by atoms with Crippen molar-refractivity contribution >= 4 is 27.3 Å². The Morgan fingerprint density at radius 1 is 1.41 bits per heavy atom. The Bertz CT molecular complexity index is 809. The number of hydrogen-bond acceptors (Lipinski definition) is 6. The van der Waals surface area contributed by atoms with E-state index in [1.165, 1.54) is 18.3 Å². The van der Waals surface area contributed by atoms with Gasteiger partial charge in [0.25, 0.3) is 10.0 Å². The van der Waals surface area contributed by atoms with Gasteiger partial charge in [0.1, 0.15) is 15.2 Å². The summed E-state index contributed by atoms with van der Waals surface area (Å²) in [5.41, 5.74) is 0.311. The Labute approximate surface area is 130 Å². The molecule has 2 aromatic heterocycles. The molecule has 0 aliphatic rings. The number of hydrogen-bond donors (Lipinski definition) is 2. The summed E-state index contributed by atoms with van der Waals surface area (Å²) in [6.45, 7) is 0.